The first-order valence-corrected chi connectivity index (χ1v) is 9.35. The number of hydrogen-bond acceptors (Lipinski definition) is 6. The molecular formula is C18H20FN5O2S. The summed E-state index contributed by atoms with van der Waals surface area (Å²) in [6.07, 6.45) is 0. The molecule has 0 radical (unpaired) electrons. The number of thiazole rings is 1. The second-order valence-corrected chi connectivity index (χ2v) is 7.04. The van der Waals surface area contributed by atoms with Crippen LogP contribution in [0.4, 0.5) is 9.52 Å². The van der Waals surface area contributed by atoms with Crippen molar-refractivity contribution < 1.29 is 9.18 Å². The van der Waals surface area contributed by atoms with E-state index in [4.69, 9.17) is 0 Å². The SMILES string of the molecule is CCN(CC(=O)N(C)c1nc(C)cs1)Cc1nc2ccc(F)cc2c(=O)[nH]1. The van der Waals surface area contributed by atoms with Crippen molar-refractivity contribution in [2.75, 3.05) is 25.0 Å². The number of fused-ring (bicyclic) bond motifs is 1. The fraction of sp³-hybridized carbons (Fsp3) is 0.333. The number of amides is 1. The van der Waals surface area contributed by atoms with Gasteiger partial charge in [-0.1, -0.05) is 6.92 Å². The van der Waals surface area contributed by atoms with Crippen LogP contribution in [0.3, 0.4) is 0 Å². The second kappa shape index (κ2) is 7.93. The molecule has 9 heteroatoms. The first-order chi connectivity index (χ1) is 12.9. The summed E-state index contributed by atoms with van der Waals surface area (Å²) < 4.78 is 13.3. The third-order valence-electron chi connectivity index (χ3n) is 4.16. The summed E-state index contributed by atoms with van der Waals surface area (Å²) in [5, 5.41) is 2.74. The standard InChI is InChI=1S/C18H20FN5O2S/c1-4-24(9-16(25)23(3)18-20-11(2)10-27-18)8-15-21-14-6-5-12(19)7-13(14)17(26)22-15/h5-7,10H,4,8-9H2,1-3H3,(H,21,22,26). The molecule has 27 heavy (non-hydrogen) atoms. The molecule has 142 valence electrons. The van der Waals surface area contributed by atoms with E-state index in [0.717, 1.165) is 11.8 Å². The van der Waals surface area contributed by atoms with Crippen molar-refractivity contribution in [3.05, 3.63) is 51.3 Å². The van der Waals surface area contributed by atoms with Crippen LogP contribution in [0, 0.1) is 12.7 Å². The number of likely N-dealkylation sites (N-methyl/N-ethyl adjacent to an activating group) is 2. The van der Waals surface area contributed by atoms with Crippen LogP contribution in [0.2, 0.25) is 0 Å². The zero-order valence-electron chi connectivity index (χ0n) is 15.3. The highest BCUT2D eigenvalue weighted by atomic mass is 32.1. The van der Waals surface area contributed by atoms with Gasteiger partial charge in [0.2, 0.25) is 5.91 Å². The number of aryl methyl sites for hydroxylation is 1. The first kappa shape index (κ1) is 19.1. The molecule has 0 aliphatic carbocycles. The lowest BCUT2D eigenvalue weighted by molar-refractivity contribution is -0.119. The third-order valence-corrected chi connectivity index (χ3v) is 5.20. The number of halogens is 1. The molecule has 7 nitrogen and oxygen atoms in total. The molecule has 0 fully saturated rings. The normalized spacial score (nSPS) is 11.3. The lowest BCUT2D eigenvalue weighted by Crippen LogP contribution is -2.38. The van der Waals surface area contributed by atoms with Gasteiger partial charge in [-0.15, -0.1) is 11.3 Å². The van der Waals surface area contributed by atoms with Crippen LogP contribution in [0.25, 0.3) is 10.9 Å². The Hall–Kier alpha value is -2.65. The van der Waals surface area contributed by atoms with Gasteiger partial charge in [0.15, 0.2) is 5.13 Å². The highest BCUT2D eigenvalue weighted by Gasteiger charge is 2.18. The fourth-order valence-electron chi connectivity index (χ4n) is 2.63. The molecule has 2 aromatic heterocycles. The van der Waals surface area contributed by atoms with E-state index >= 15 is 0 Å². The number of anilines is 1. The van der Waals surface area contributed by atoms with Crippen molar-refractivity contribution in [2.24, 2.45) is 0 Å². The highest BCUT2D eigenvalue weighted by molar-refractivity contribution is 7.14. The Kier molecular flexibility index (Phi) is 5.62. The lowest BCUT2D eigenvalue weighted by atomic mass is 10.2. The van der Waals surface area contributed by atoms with Gasteiger partial charge in [0.25, 0.3) is 5.56 Å². The predicted octanol–water partition coefficient (Wildman–Crippen LogP) is 2.31. The van der Waals surface area contributed by atoms with E-state index in [1.807, 2.05) is 24.1 Å². The van der Waals surface area contributed by atoms with Gasteiger partial charge in [-0.25, -0.2) is 14.4 Å². The average molecular weight is 389 g/mol. The van der Waals surface area contributed by atoms with E-state index in [1.54, 1.807) is 7.05 Å². The van der Waals surface area contributed by atoms with Gasteiger partial charge < -0.3 is 4.98 Å². The number of H-pyrrole nitrogens is 1. The van der Waals surface area contributed by atoms with Gasteiger partial charge in [0.1, 0.15) is 11.6 Å². The van der Waals surface area contributed by atoms with Gasteiger partial charge in [-0.05, 0) is 31.7 Å². The number of carbonyl (C=O) groups is 1. The van der Waals surface area contributed by atoms with E-state index in [2.05, 4.69) is 15.0 Å². The summed E-state index contributed by atoms with van der Waals surface area (Å²) in [4.78, 5) is 39.5. The lowest BCUT2D eigenvalue weighted by Gasteiger charge is -2.22. The van der Waals surface area contributed by atoms with Crippen LogP contribution in [0.1, 0.15) is 18.4 Å². The summed E-state index contributed by atoms with van der Waals surface area (Å²) in [5.74, 6) is -0.151. The van der Waals surface area contributed by atoms with Crippen LogP contribution in [-0.4, -0.2) is 45.9 Å². The number of rotatable bonds is 6. The molecule has 1 amide bonds. The third kappa shape index (κ3) is 4.37. The molecule has 0 spiro atoms. The molecule has 0 bridgehead atoms. The minimum Gasteiger partial charge on any atom is -0.309 e. The van der Waals surface area contributed by atoms with Crippen LogP contribution in [-0.2, 0) is 11.3 Å². The number of nitrogens with zero attached hydrogens (tertiary/aromatic N) is 4. The minimum atomic E-state index is -0.483. The smallest absolute Gasteiger partial charge is 0.258 e. The molecule has 0 aliphatic heterocycles. The van der Waals surface area contributed by atoms with Crippen LogP contribution in [0.15, 0.2) is 28.4 Å². The molecule has 2 heterocycles. The largest absolute Gasteiger partial charge is 0.309 e. The summed E-state index contributed by atoms with van der Waals surface area (Å²) >= 11 is 1.41. The summed E-state index contributed by atoms with van der Waals surface area (Å²) in [7, 11) is 1.69. The molecule has 3 rings (SSSR count). The minimum absolute atomic E-state index is 0.101. The number of nitrogens with one attached hydrogen (secondary N) is 1. The predicted molar refractivity (Wildman–Crippen MR) is 104 cm³/mol. The molecule has 0 saturated carbocycles. The summed E-state index contributed by atoms with van der Waals surface area (Å²) in [5.41, 5.74) is 0.900. The van der Waals surface area contributed by atoms with Crippen molar-refractivity contribution in [3.63, 3.8) is 0 Å². The van der Waals surface area contributed by atoms with Crippen LogP contribution in [0.5, 0.6) is 0 Å². The highest BCUT2D eigenvalue weighted by Crippen LogP contribution is 2.19. The maximum atomic E-state index is 13.3. The quantitative estimate of drug-likeness (QED) is 0.700. The topological polar surface area (TPSA) is 82.2 Å². The zero-order valence-corrected chi connectivity index (χ0v) is 16.1. The summed E-state index contributed by atoms with van der Waals surface area (Å²) in [6.45, 7) is 4.87. The maximum absolute atomic E-state index is 13.3. The maximum Gasteiger partial charge on any atom is 0.258 e. The van der Waals surface area contributed by atoms with Gasteiger partial charge in [-0.3, -0.25) is 19.4 Å². The number of aromatic nitrogens is 3. The molecule has 0 aliphatic rings. The van der Waals surface area contributed by atoms with Gasteiger partial charge in [0, 0.05) is 12.4 Å². The van der Waals surface area contributed by atoms with Crippen LogP contribution >= 0.6 is 11.3 Å². The molecule has 1 N–H and O–H groups in total. The van der Waals surface area contributed by atoms with E-state index in [9.17, 15) is 14.0 Å². The molecule has 1 aromatic carbocycles. The summed E-state index contributed by atoms with van der Waals surface area (Å²) in [6, 6.07) is 3.91. The van der Waals surface area contributed by atoms with Gasteiger partial charge in [-0.2, -0.15) is 0 Å². The van der Waals surface area contributed by atoms with Crippen molar-refractivity contribution in [3.8, 4) is 0 Å². The van der Waals surface area contributed by atoms with Gasteiger partial charge in [0.05, 0.1) is 29.7 Å². The molecule has 3 aromatic rings. The Labute approximate surface area is 159 Å². The number of benzene rings is 1. The molecule has 0 saturated heterocycles. The number of aromatic amines is 1. The van der Waals surface area contributed by atoms with Crippen molar-refractivity contribution >= 4 is 33.3 Å². The van der Waals surface area contributed by atoms with E-state index in [-0.39, 0.29) is 17.8 Å². The second-order valence-electron chi connectivity index (χ2n) is 6.20. The molecule has 0 unspecified atom stereocenters. The average Bonchev–Trinajstić information content (AvgIpc) is 3.07. The molecule has 0 atom stereocenters. The van der Waals surface area contributed by atoms with Crippen molar-refractivity contribution in [2.45, 2.75) is 20.4 Å². The van der Waals surface area contributed by atoms with Crippen molar-refractivity contribution in [1.29, 1.82) is 0 Å². The van der Waals surface area contributed by atoms with E-state index < -0.39 is 11.4 Å². The molecular weight excluding hydrogens is 369 g/mol. The number of hydrogen-bond donors (Lipinski definition) is 1. The van der Waals surface area contributed by atoms with Crippen LogP contribution < -0.4 is 10.5 Å². The Morgan fingerprint density at radius 1 is 1.33 bits per heavy atom. The van der Waals surface area contributed by atoms with E-state index in [1.165, 1.54) is 28.4 Å². The van der Waals surface area contributed by atoms with Crippen molar-refractivity contribution in [1.82, 2.24) is 19.9 Å². The monoisotopic (exact) mass is 389 g/mol. The zero-order chi connectivity index (χ0) is 19.6. The number of carbonyl (C=O) groups excluding carboxylic acids is 1. The van der Waals surface area contributed by atoms with Gasteiger partial charge >= 0.3 is 0 Å². The Bertz CT molecular complexity index is 1030. The Morgan fingerprint density at radius 2 is 2.11 bits per heavy atom. The Morgan fingerprint density at radius 3 is 2.78 bits per heavy atom. The Balaban J connectivity index is 1.75. The van der Waals surface area contributed by atoms with E-state index in [0.29, 0.717) is 29.6 Å². The first-order valence-electron chi connectivity index (χ1n) is 8.47. The fourth-order valence-corrected chi connectivity index (χ4v) is 3.41.